The van der Waals surface area contributed by atoms with Crippen molar-refractivity contribution in [1.29, 1.82) is 0 Å². The monoisotopic (exact) mass is 296 g/mol. The molecular formula is C12H25ClN2O4. The van der Waals surface area contributed by atoms with Gasteiger partial charge in [0.2, 0.25) is 5.91 Å². The average molecular weight is 297 g/mol. The summed E-state index contributed by atoms with van der Waals surface area (Å²) in [6.07, 6.45) is 2.06. The second-order valence-corrected chi connectivity index (χ2v) is 4.23. The molecule has 6 nitrogen and oxygen atoms in total. The zero-order valence-electron chi connectivity index (χ0n) is 11.5. The van der Waals surface area contributed by atoms with Crippen LogP contribution in [-0.2, 0) is 19.0 Å². The van der Waals surface area contributed by atoms with E-state index in [1.54, 1.807) is 7.11 Å². The zero-order valence-corrected chi connectivity index (χ0v) is 12.3. The molecule has 2 N–H and O–H groups in total. The Morgan fingerprint density at radius 3 is 2.89 bits per heavy atom. The highest BCUT2D eigenvalue weighted by molar-refractivity contribution is 5.85. The number of halogens is 1. The van der Waals surface area contributed by atoms with E-state index in [9.17, 15) is 4.79 Å². The van der Waals surface area contributed by atoms with Gasteiger partial charge in [0.05, 0.1) is 25.9 Å². The second-order valence-electron chi connectivity index (χ2n) is 4.23. The summed E-state index contributed by atoms with van der Waals surface area (Å²) in [5.41, 5.74) is 0. The maximum absolute atomic E-state index is 11.4. The molecule has 1 aliphatic heterocycles. The molecule has 0 aliphatic carbocycles. The molecule has 0 bridgehead atoms. The number of methoxy groups -OCH3 is 1. The minimum Gasteiger partial charge on any atom is -0.383 e. The van der Waals surface area contributed by atoms with Crippen LogP contribution in [0.5, 0.6) is 0 Å². The average Bonchev–Trinajstić information content (AvgIpc) is 2.87. The van der Waals surface area contributed by atoms with E-state index in [4.69, 9.17) is 14.2 Å². The van der Waals surface area contributed by atoms with E-state index in [2.05, 4.69) is 10.6 Å². The van der Waals surface area contributed by atoms with Crippen molar-refractivity contribution in [2.45, 2.75) is 18.9 Å². The number of hydrogen-bond donors (Lipinski definition) is 2. The Balaban J connectivity index is 0.00000324. The normalized spacial score (nSPS) is 18.1. The molecule has 0 aromatic carbocycles. The van der Waals surface area contributed by atoms with E-state index < -0.39 is 0 Å². The number of rotatable bonds is 10. The van der Waals surface area contributed by atoms with Gasteiger partial charge in [-0.15, -0.1) is 12.4 Å². The van der Waals surface area contributed by atoms with E-state index >= 15 is 0 Å². The highest BCUT2D eigenvalue weighted by Crippen LogP contribution is 2.07. The highest BCUT2D eigenvalue weighted by atomic mass is 35.5. The fourth-order valence-corrected chi connectivity index (χ4v) is 1.63. The lowest BCUT2D eigenvalue weighted by atomic mass is 10.3. The van der Waals surface area contributed by atoms with Gasteiger partial charge in [-0.25, -0.2) is 0 Å². The van der Waals surface area contributed by atoms with Crippen LogP contribution in [0.3, 0.4) is 0 Å². The van der Waals surface area contributed by atoms with Gasteiger partial charge in [0, 0.05) is 33.4 Å². The molecule has 1 unspecified atom stereocenters. The van der Waals surface area contributed by atoms with Crippen molar-refractivity contribution in [3.63, 3.8) is 0 Å². The Morgan fingerprint density at radius 2 is 2.21 bits per heavy atom. The van der Waals surface area contributed by atoms with E-state index in [-0.39, 0.29) is 24.4 Å². The number of nitrogens with one attached hydrogen (secondary N) is 2. The Bertz CT molecular complexity index is 226. The first-order valence-corrected chi connectivity index (χ1v) is 6.48. The van der Waals surface area contributed by atoms with E-state index in [1.807, 2.05) is 0 Å². The molecule has 0 radical (unpaired) electrons. The molecule has 1 heterocycles. The number of carbonyl (C=O) groups excluding carboxylic acids is 1. The molecule has 1 rings (SSSR count). The van der Waals surface area contributed by atoms with Gasteiger partial charge in [0.15, 0.2) is 0 Å². The van der Waals surface area contributed by atoms with Gasteiger partial charge in [-0.2, -0.15) is 0 Å². The van der Waals surface area contributed by atoms with Crippen LogP contribution >= 0.6 is 12.4 Å². The second kappa shape index (κ2) is 12.6. The van der Waals surface area contributed by atoms with Crippen molar-refractivity contribution < 1.29 is 19.0 Å². The maximum Gasteiger partial charge on any atom is 0.233 e. The van der Waals surface area contributed by atoms with Gasteiger partial charge in [-0.3, -0.25) is 4.79 Å². The first kappa shape index (κ1) is 18.6. The van der Waals surface area contributed by atoms with E-state index in [0.717, 1.165) is 19.4 Å². The molecule has 0 saturated carbocycles. The van der Waals surface area contributed by atoms with Crippen molar-refractivity contribution in [3.05, 3.63) is 0 Å². The van der Waals surface area contributed by atoms with Crippen molar-refractivity contribution in [3.8, 4) is 0 Å². The highest BCUT2D eigenvalue weighted by Gasteiger charge is 2.15. The molecule has 1 atom stereocenters. The maximum atomic E-state index is 11.4. The predicted octanol–water partition coefficient (Wildman–Crippen LogP) is -0.0440. The van der Waals surface area contributed by atoms with Crippen molar-refractivity contribution in [2.24, 2.45) is 0 Å². The standard InChI is InChI=1S/C12H24N2O4.ClH/c1-16-8-5-13-9-12(15)14-4-2-6-18-11-3-7-17-10-11;/h11,13H,2-10H2,1H3,(H,14,15);1H. The first-order valence-electron chi connectivity index (χ1n) is 6.48. The van der Waals surface area contributed by atoms with Gasteiger partial charge < -0.3 is 24.8 Å². The van der Waals surface area contributed by atoms with Crippen LogP contribution in [0.1, 0.15) is 12.8 Å². The van der Waals surface area contributed by atoms with Crippen LogP contribution < -0.4 is 10.6 Å². The summed E-state index contributed by atoms with van der Waals surface area (Å²) >= 11 is 0. The van der Waals surface area contributed by atoms with Crippen LogP contribution in [0.4, 0.5) is 0 Å². The van der Waals surface area contributed by atoms with Crippen molar-refractivity contribution in [1.82, 2.24) is 10.6 Å². The molecule has 1 fully saturated rings. The van der Waals surface area contributed by atoms with Crippen LogP contribution in [0.25, 0.3) is 0 Å². The lowest BCUT2D eigenvalue weighted by molar-refractivity contribution is -0.120. The van der Waals surface area contributed by atoms with Crippen LogP contribution in [-0.4, -0.2) is 65.2 Å². The lowest BCUT2D eigenvalue weighted by Crippen LogP contribution is -2.36. The molecule has 0 aromatic heterocycles. The van der Waals surface area contributed by atoms with E-state index in [1.165, 1.54) is 0 Å². The molecule has 0 spiro atoms. The van der Waals surface area contributed by atoms with E-state index in [0.29, 0.717) is 39.5 Å². The molecule has 7 heteroatoms. The van der Waals surface area contributed by atoms with Crippen LogP contribution in [0.2, 0.25) is 0 Å². The Labute approximate surface area is 121 Å². The molecule has 0 aromatic rings. The number of ether oxygens (including phenoxy) is 3. The Morgan fingerprint density at radius 1 is 1.37 bits per heavy atom. The van der Waals surface area contributed by atoms with Gasteiger partial charge in [0.25, 0.3) is 0 Å². The van der Waals surface area contributed by atoms with Gasteiger partial charge in [-0.05, 0) is 12.8 Å². The third kappa shape index (κ3) is 10.1. The predicted molar refractivity (Wildman–Crippen MR) is 74.8 cm³/mol. The molecule has 19 heavy (non-hydrogen) atoms. The SMILES string of the molecule is COCCNCC(=O)NCCCOC1CCOC1.Cl. The summed E-state index contributed by atoms with van der Waals surface area (Å²) < 4.78 is 15.7. The molecule has 1 amide bonds. The topological polar surface area (TPSA) is 68.8 Å². The zero-order chi connectivity index (χ0) is 13.1. The Hall–Kier alpha value is -0.400. The van der Waals surface area contributed by atoms with Gasteiger partial charge in [0.1, 0.15) is 0 Å². The number of hydrogen-bond acceptors (Lipinski definition) is 5. The molecule has 1 saturated heterocycles. The smallest absolute Gasteiger partial charge is 0.233 e. The summed E-state index contributed by atoms with van der Waals surface area (Å²) in [7, 11) is 1.64. The minimum absolute atomic E-state index is 0. The third-order valence-electron chi connectivity index (χ3n) is 2.65. The number of amides is 1. The summed E-state index contributed by atoms with van der Waals surface area (Å²) in [5, 5.41) is 5.82. The van der Waals surface area contributed by atoms with Crippen LogP contribution in [0, 0.1) is 0 Å². The van der Waals surface area contributed by atoms with Crippen molar-refractivity contribution >= 4 is 18.3 Å². The Kier molecular flexibility index (Phi) is 12.4. The van der Waals surface area contributed by atoms with Crippen molar-refractivity contribution in [2.75, 3.05) is 53.2 Å². The summed E-state index contributed by atoms with van der Waals surface area (Å²) in [4.78, 5) is 11.4. The lowest BCUT2D eigenvalue weighted by Gasteiger charge is -2.10. The molecular weight excluding hydrogens is 272 g/mol. The van der Waals surface area contributed by atoms with Crippen LogP contribution in [0.15, 0.2) is 0 Å². The first-order chi connectivity index (χ1) is 8.83. The van der Waals surface area contributed by atoms with Gasteiger partial charge >= 0.3 is 0 Å². The fourth-order valence-electron chi connectivity index (χ4n) is 1.63. The van der Waals surface area contributed by atoms with Gasteiger partial charge in [-0.1, -0.05) is 0 Å². The fraction of sp³-hybridized carbons (Fsp3) is 0.917. The molecule has 1 aliphatic rings. The summed E-state index contributed by atoms with van der Waals surface area (Å²) in [5.74, 6) is 0.00954. The molecule has 114 valence electrons. The summed E-state index contributed by atoms with van der Waals surface area (Å²) in [6.45, 7) is 4.47. The minimum atomic E-state index is 0. The largest absolute Gasteiger partial charge is 0.383 e. The quantitative estimate of drug-likeness (QED) is 0.554. The summed E-state index contributed by atoms with van der Waals surface area (Å²) in [6, 6.07) is 0. The number of carbonyl (C=O) groups is 1. The third-order valence-corrected chi connectivity index (χ3v) is 2.65.